The number of hydrogen-bond donors (Lipinski definition) is 1. The van der Waals surface area contributed by atoms with Gasteiger partial charge in [0.25, 0.3) is 11.1 Å². The van der Waals surface area contributed by atoms with Gasteiger partial charge in [-0.25, -0.2) is 4.39 Å². The summed E-state index contributed by atoms with van der Waals surface area (Å²) in [5.41, 5.74) is 0.892. The smallest absolute Gasteiger partial charge is 0.293 e. The highest BCUT2D eigenvalue weighted by molar-refractivity contribution is 8.18. The van der Waals surface area contributed by atoms with Gasteiger partial charge < -0.3 is 9.84 Å². The first-order valence-electron chi connectivity index (χ1n) is 7.45. The average Bonchev–Trinajstić information content (AvgIpc) is 2.87. The van der Waals surface area contributed by atoms with Gasteiger partial charge in [-0.15, -0.1) is 0 Å². The van der Waals surface area contributed by atoms with Crippen molar-refractivity contribution in [1.29, 1.82) is 0 Å². The van der Waals surface area contributed by atoms with E-state index in [-0.39, 0.29) is 28.5 Å². The number of amides is 2. The third-order valence-electron chi connectivity index (χ3n) is 3.70. The molecule has 0 aromatic heterocycles. The number of aromatic hydroxyl groups is 1. The van der Waals surface area contributed by atoms with Crippen molar-refractivity contribution >= 4 is 40.6 Å². The Hall–Kier alpha value is -2.51. The molecule has 1 heterocycles. The number of methoxy groups -OCH3 is 1. The molecule has 1 fully saturated rings. The van der Waals surface area contributed by atoms with Gasteiger partial charge in [0.05, 0.1) is 18.6 Å². The average molecular weight is 394 g/mol. The molecule has 3 rings (SSSR count). The Labute approximate surface area is 158 Å². The number of benzene rings is 2. The Morgan fingerprint density at radius 1 is 1.27 bits per heavy atom. The van der Waals surface area contributed by atoms with E-state index in [1.165, 1.54) is 49.6 Å². The summed E-state index contributed by atoms with van der Waals surface area (Å²) in [4.78, 5) is 25.9. The highest BCUT2D eigenvalue weighted by atomic mass is 35.5. The van der Waals surface area contributed by atoms with E-state index in [1.54, 1.807) is 0 Å². The third kappa shape index (κ3) is 3.68. The zero-order chi connectivity index (χ0) is 18.8. The molecule has 0 saturated carbocycles. The van der Waals surface area contributed by atoms with E-state index in [2.05, 4.69) is 0 Å². The van der Waals surface area contributed by atoms with Crippen LogP contribution in [-0.4, -0.2) is 28.3 Å². The van der Waals surface area contributed by atoms with Crippen molar-refractivity contribution in [2.75, 3.05) is 7.11 Å². The van der Waals surface area contributed by atoms with Crippen LogP contribution < -0.4 is 4.74 Å². The van der Waals surface area contributed by atoms with Crippen LogP contribution in [0.4, 0.5) is 9.18 Å². The third-order valence-corrected chi connectivity index (χ3v) is 4.83. The quantitative estimate of drug-likeness (QED) is 0.778. The highest BCUT2D eigenvalue weighted by Crippen LogP contribution is 2.38. The number of nitrogens with zero attached hydrogens (tertiary/aromatic N) is 1. The van der Waals surface area contributed by atoms with Crippen LogP contribution in [-0.2, 0) is 11.3 Å². The van der Waals surface area contributed by atoms with Crippen LogP contribution in [0.2, 0.25) is 5.02 Å². The van der Waals surface area contributed by atoms with Gasteiger partial charge in [0.1, 0.15) is 5.82 Å². The lowest BCUT2D eigenvalue weighted by Crippen LogP contribution is -2.27. The van der Waals surface area contributed by atoms with Crippen molar-refractivity contribution in [1.82, 2.24) is 4.90 Å². The van der Waals surface area contributed by atoms with Crippen LogP contribution in [0.15, 0.2) is 41.3 Å². The van der Waals surface area contributed by atoms with E-state index in [4.69, 9.17) is 16.3 Å². The molecule has 0 radical (unpaired) electrons. The van der Waals surface area contributed by atoms with Crippen LogP contribution in [0.5, 0.6) is 11.5 Å². The van der Waals surface area contributed by atoms with Gasteiger partial charge in [-0.3, -0.25) is 14.5 Å². The number of thioether (sulfide) groups is 1. The molecule has 0 atom stereocenters. The minimum absolute atomic E-state index is 0.0349. The van der Waals surface area contributed by atoms with Gasteiger partial charge >= 0.3 is 0 Å². The lowest BCUT2D eigenvalue weighted by atomic mass is 10.1. The number of carbonyl (C=O) groups excluding carboxylic acids is 2. The molecule has 8 heteroatoms. The Bertz CT molecular complexity index is 914. The lowest BCUT2D eigenvalue weighted by Gasteiger charge is -2.12. The maximum Gasteiger partial charge on any atom is 0.293 e. The number of imide groups is 1. The molecule has 2 aromatic rings. The van der Waals surface area contributed by atoms with Gasteiger partial charge in [0, 0.05) is 16.7 Å². The Kier molecular flexibility index (Phi) is 5.20. The summed E-state index contributed by atoms with van der Waals surface area (Å²) in [6.07, 6.45) is 1.39. The molecule has 0 bridgehead atoms. The Morgan fingerprint density at radius 3 is 2.62 bits per heavy atom. The number of ether oxygens (including phenoxy) is 1. The van der Waals surface area contributed by atoms with Crippen molar-refractivity contribution in [2.24, 2.45) is 0 Å². The number of phenols is 1. The fourth-order valence-electron chi connectivity index (χ4n) is 2.41. The highest BCUT2D eigenvalue weighted by Gasteiger charge is 2.35. The van der Waals surface area contributed by atoms with Gasteiger partial charge in [-0.05, 0) is 41.6 Å². The van der Waals surface area contributed by atoms with Gasteiger partial charge in [-0.2, -0.15) is 0 Å². The van der Waals surface area contributed by atoms with Gasteiger partial charge in [0.15, 0.2) is 11.5 Å². The van der Waals surface area contributed by atoms with Gasteiger partial charge in [-0.1, -0.05) is 23.7 Å². The van der Waals surface area contributed by atoms with Crippen LogP contribution in [0, 0.1) is 5.82 Å². The van der Waals surface area contributed by atoms with Gasteiger partial charge in [0.2, 0.25) is 0 Å². The fraction of sp³-hybridized carbons (Fsp3) is 0.111. The Balaban J connectivity index is 1.88. The zero-order valence-corrected chi connectivity index (χ0v) is 15.1. The number of phenolic OH excluding ortho intramolecular Hbond substituents is 1. The molecule has 0 unspecified atom stereocenters. The summed E-state index contributed by atoms with van der Waals surface area (Å²) in [5, 5.41) is 10.0. The molecule has 1 aliphatic rings. The summed E-state index contributed by atoms with van der Waals surface area (Å²) in [6.45, 7) is 0.0349. The van der Waals surface area contributed by atoms with E-state index in [0.717, 1.165) is 16.7 Å². The van der Waals surface area contributed by atoms with Crippen LogP contribution >= 0.6 is 23.4 Å². The molecule has 1 saturated heterocycles. The lowest BCUT2D eigenvalue weighted by molar-refractivity contribution is -0.123. The van der Waals surface area contributed by atoms with E-state index in [0.29, 0.717) is 10.6 Å². The minimum atomic E-state index is -0.498. The first-order chi connectivity index (χ1) is 12.4. The SMILES string of the molecule is COc1cc(Cl)cc(C=C2SC(=O)N(Cc3ccc(F)cc3)C2=O)c1O. The molecular weight excluding hydrogens is 381 g/mol. The fourth-order valence-corrected chi connectivity index (χ4v) is 3.46. The van der Waals surface area contributed by atoms with Crippen molar-refractivity contribution in [2.45, 2.75) is 6.54 Å². The predicted octanol–water partition coefficient (Wildman–Crippen LogP) is 4.43. The molecule has 134 valence electrons. The first kappa shape index (κ1) is 18.3. The second kappa shape index (κ2) is 7.39. The summed E-state index contributed by atoms with van der Waals surface area (Å²) in [6, 6.07) is 8.45. The van der Waals surface area contributed by atoms with Crippen molar-refractivity contribution in [3.63, 3.8) is 0 Å². The Morgan fingerprint density at radius 2 is 1.96 bits per heavy atom. The van der Waals surface area contributed by atoms with Crippen molar-refractivity contribution in [3.8, 4) is 11.5 Å². The zero-order valence-electron chi connectivity index (χ0n) is 13.5. The molecule has 0 spiro atoms. The van der Waals surface area contributed by atoms with E-state index in [1.807, 2.05) is 0 Å². The summed E-state index contributed by atoms with van der Waals surface area (Å²) < 4.78 is 18.0. The molecule has 1 N–H and O–H groups in total. The van der Waals surface area contributed by atoms with Crippen molar-refractivity contribution < 1.29 is 23.8 Å². The normalized spacial score (nSPS) is 15.8. The molecule has 1 aliphatic heterocycles. The predicted molar refractivity (Wildman–Crippen MR) is 97.6 cm³/mol. The molecular formula is C18H13ClFNO4S. The number of halogens is 2. The standard InChI is InChI=1S/C18H13ClFNO4S/c1-25-14-8-12(19)6-11(16(14)22)7-15-17(23)21(18(24)26-15)9-10-2-4-13(20)5-3-10/h2-8,22H,9H2,1H3. The molecule has 2 aromatic carbocycles. The van der Waals surface area contributed by atoms with E-state index < -0.39 is 17.0 Å². The number of carbonyl (C=O) groups is 2. The molecule has 0 aliphatic carbocycles. The molecule has 2 amide bonds. The summed E-state index contributed by atoms with van der Waals surface area (Å²) in [5.74, 6) is -0.910. The van der Waals surface area contributed by atoms with Crippen molar-refractivity contribution in [3.05, 3.63) is 63.3 Å². The summed E-state index contributed by atoms with van der Waals surface area (Å²) >= 11 is 6.74. The monoisotopic (exact) mass is 393 g/mol. The number of hydrogen-bond acceptors (Lipinski definition) is 5. The number of rotatable bonds is 4. The van der Waals surface area contributed by atoms with Crippen LogP contribution in [0.3, 0.4) is 0 Å². The largest absolute Gasteiger partial charge is 0.504 e. The van der Waals surface area contributed by atoms with Crippen LogP contribution in [0.1, 0.15) is 11.1 Å². The van der Waals surface area contributed by atoms with E-state index >= 15 is 0 Å². The maximum atomic E-state index is 13.0. The maximum absolute atomic E-state index is 13.0. The first-order valence-corrected chi connectivity index (χ1v) is 8.65. The van der Waals surface area contributed by atoms with E-state index in [9.17, 15) is 19.1 Å². The second-order valence-electron chi connectivity index (χ2n) is 5.44. The molecule has 5 nitrogen and oxygen atoms in total. The van der Waals surface area contributed by atoms with Crippen LogP contribution in [0.25, 0.3) is 6.08 Å². The topological polar surface area (TPSA) is 66.8 Å². The molecule has 26 heavy (non-hydrogen) atoms. The second-order valence-corrected chi connectivity index (χ2v) is 6.87. The summed E-state index contributed by atoms with van der Waals surface area (Å²) in [7, 11) is 1.38. The minimum Gasteiger partial charge on any atom is -0.504 e.